The van der Waals surface area contributed by atoms with Gasteiger partial charge in [-0.3, -0.25) is 4.79 Å². The molecule has 0 spiro atoms. The summed E-state index contributed by atoms with van der Waals surface area (Å²) in [6.07, 6.45) is 5.73. The zero-order valence-electron chi connectivity index (χ0n) is 10.7. The maximum atomic E-state index is 12.2. The van der Waals surface area contributed by atoms with Crippen LogP contribution in [0.1, 0.15) is 38.5 Å². The number of rotatable bonds is 3. The molecule has 2 fully saturated rings. The van der Waals surface area contributed by atoms with E-state index < -0.39 is 5.60 Å². The molecule has 17 heavy (non-hydrogen) atoms. The van der Waals surface area contributed by atoms with E-state index in [9.17, 15) is 9.90 Å². The molecule has 0 atom stereocenters. The summed E-state index contributed by atoms with van der Waals surface area (Å²) in [6.45, 7) is 2.39. The highest BCUT2D eigenvalue weighted by molar-refractivity contribution is 5.78. The lowest BCUT2D eigenvalue weighted by Gasteiger charge is -2.32. The van der Waals surface area contributed by atoms with Crippen LogP contribution in [0.4, 0.5) is 0 Å². The van der Waals surface area contributed by atoms with E-state index in [1.807, 2.05) is 7.05 Å². The van der Waals surface area contributed by atoms with Gasteiger partial charge < -0.3 is 15.3 Å². The Hall–Kier alpha value is -0.610. The Morgan fingerprint density at radius 3 is 2.53 bits per heavy atom. The van der Waals surface area contributed by atoms with E-state index in [1.165, 1.54) is 0 Å². The van der Waals surface area contributed by atoms with Gasteiger partial charge in [0, 0.05) is 19.5 Å². The number of carbonyl (C=O) groups is 1. The van der Waals surface area contributed by atoms with E-state index in [0.717, 1.165) is 51.6 Å². The number of amides is 1. The van der Waals surface area contributed by atoms with Gasteiger partial charge in [0.1, 0.15) is 0 Å². The first kappa shape index (κ1) is 12.8. The fourth-order valence-corrected chi connectivity index (χ4v) is 3.09. The smallest absolute Gasteiger partial charge is 0.225 e. The van der Waals surface area contributed by atoms with E-state index in [2.05, 4.69) is 5.32 Å². The summed E-state index contributed by atoms with van der Waals surface area (Å²) < 4.78 is 0. The second kappa shape index (κ2) is 5.36. The van der Waals surface area contributed by atoms with Crippen molar-refractivity contribution in [1.29, 1.82) is 0 Å². The lowest BCUT2D eigenvalue weighted by atomic mass is 9.95. The summed E-state index contributed by atoms with van der Waals surface area (Å²) in [7, 11) is 1.83. The van der Waals surface area contributed by atoms with Crippen LogP contribution in [0.15, 0.2) is 0 Å². The van der Waals surface area contributed by atoms with Gasteiger partial charge in [-0.15, -0.1) is 0 Å². The topological polar surface area (TPSA) is 52.6 Å². The van der Waals surface area contributed by atoms with Crippen molar-refractivity contribution in [3.63, 3.8) is 0 Å². The van der Waals surface area contributed by atoms with Crippen molar-refractivity contribution < 1.29 is 9.90 Å². The van der Waals surface area contributed by atoms with E-state index in [-0.39, 0.29) is 11.8 Å². The van der Waals surface area contributed by atoms with E-state index in [4.69, 9.17) is 0 Å². The third-order valence-electron chi connectivity index (χ3n) is 4.13. The quantitative estimate of drug-likeness (QED) is 0.765. The maximum Gasteiger partial charge on any atom is 0.225 e. The van der Waals surface area contributed by atoms with Gasteiger partial charge in [0.25, 0.3) is 0 Å². The molecule has 1 aliphatic heterocycles. The highest BCUT2D eigenvalue weighted by Gasteiger charge is 2.34. The third kappa shape index (κ3) is 3.19. The zero-order valence-corrected chi connectivity index (χ0v) is 10.7. The van der Waals surface area contributed by atoms with Gasteiger partial charge in [-0.2, -0.15) is 0 Å². The molecule has 0 aromatic carbocycles. The first-order chi connectivity index (χ1) is 8.11. The Morgan fingerprint density at radius 1 is 1.35 bits per heavy atom. The van der Waals surface area contributed by atoms with Crippen molar-refractivity contribution in [2.24, 2.45) is 5.92 Å². The Balaban J connectivity index is 1.85. The molecule has 4 heteroatoms. The molecule has 2 N–H and O–H groups in total. The van der Waals surface area contributed by atoms with Crippen LogP contribution in [0.5, 0.6) is 0 Å². The normalized spacial score (nSPS) is 24.8. The number of nitrogens with one attached hydrogen (secondary N) is 1. The van der Waals surface area contributed by atoms with Gasteiger partial charge in [0.2, 0.25) is 5.91 Å². The van der Waals surface area contributed by atoms with Crippen molar-refractivity contribution in [2.75, 3.05) is 26.7 Å². The second-order valence-electron chi connectivity index (χ2n) is 5.65. The standard InChI is InChI=1S/C13H24N2O2/c1-15(10-13(17)6-2-3-7-13)12(16)11-4-8-14-9-5-11/h11,14,17H,2-10H2,1H3. The van der Waals surface area contributed by atoms with Crippen LogP contribution in [0, 0.1) is 5.92 Å². The summed E-state index contributed by atoms with van der Waals surface area (Å²) in [5, 5.41) is 13.6. The highest BCUT2D eigenvalue weighted by Crippen LogP contribution is 2.30. The molecule has 1 saturated carbocycles. The molecule has 98 valence electrons. The summed E-state index contributed by atoms with van der Waals surface area (Å²) in [5.41, 5.74) is -0.614. The second-order valence-corrected chi connectivity index (χ2v) is 5.65. The summed E-state index contributed by atoms with van der Waals surface area (Å²) >= 11 is 0. The fourth-order valence-electron chi connectivity index (χ4n) is 3.09. The van der Waals surface area contributed by atoms with Crippen LogP contribution in [0.25, 0.3) is 0 Å². The van der Waals surface area contributed by atoms with E-state index in [1.54, 1.807) is 4.90 Å². The van der Waals surface area contributed by atoms with Gasteiger partial charge in [0.15, 0.2) is 0 Å². The van der Waals surface area contributed by atoms with Crippen LogP contribution in [-0.4, -0.2) is 48.2 Å². The van der Waals surface area contributed by atoms with Crippen molar-refractivity contribution in [1.82, 2.24) is 10.2 Å². The van der Waals surface area contributed by atoms with E-state index in [0.29, 0.717) is 6.54 Å². The number of aliphatic hydroxyl groups is 1. The number of hydrogen-bond acceptors (Lipinski definition) is 3. The highest BCUT2D eigenvalue weighted by atomic mass is 16.3. The summed E-state index contributed by atoms with van der Waals surface area (Å²) in [4.78, 5) is 14.0. The molecule has 0 radical (unpaired) electrons. The summed E-state index contributed by atoms with van der Waals surface area (Å²) in [6, 6.07) is 0. The third-order valence-corrected chi connectivity index (χ3v) is 4.13. The Kier molecular flexibility index (Phi) is 4.05. The Bertz CT molecular complexity index is 269. The molecule has 0 aromatic rings. The predicted octanol–water partition coefficient (Wildman–Crippen LogP) is 0.749. The monoisotopic (exact) mass is 240 g/mol. The number of piperidine rings is 1. The molecule has 0 bridgehead atoms. The molecule has 4 nitrogen and oxygen atoms in total. The minimum absolute atomic E-state index is 0.159. The molecule has 2 rings (SSSR count). The van der Waals surface area contributed by atoms with Crippen molar-refractivity contribution in [2.45, 2.75) is 44.1 Å². The van der Waals surface area contributed by atoms with E-state index >= 15 is 0 Å². The van der Waals surface area contributed by atoms with Gasteiger partial charge in [0.05, 0.1) is 5.60 Å². The first-order valence-electron chi connectivity index (χ1n) is 6.79. The first-order valence-corrected chi connectivity index (χ1v) is 6.79. The lowest BCUT2D eigenvalue weighted by Crippen LogP contribution is -2.46. The minimum atomic E-state index is -0.614. The van der Waals surface area contributed by atoms with Crippen LogP contribution in [0.2, 0.25) is 0 Å². The maximum absolute atomic E-state index is 12.2. The van der Waals surface area contributed by atoms with Crippen LogP contribution < -0.4 is 5.32 Å². The average molecular weight is 240 g/mol. The van der Waals surface area contributed by atoms with Crippen molar-refractivity contribution >= 4 is 5.91 Å². The van der Waals surface area contributed by atoms with Crippen LogP contribution in [-0.2, 0) is 4.79 Å². The molecule has 1 amide bonds. The van der Waals surface area contributed by atoms with Crippen LogP contribution in [0.3, 0.4) is 0 Å². The fraction of sp³-hybridized carbons (Fsp3) is 0.923. The SMILES string of the molecule is CN(CC1(O)CCCC1)C(=O)C1CCNCC1. The number of likely N-dealkylation sites (N-methyl/N-ethyl adjacent to an activating group) is 1. The van der Waals surface area contributed by atoms with Crippen molar-refractivity contribution in [3.8, 4) is 0 Å². The molecule has 0 unspecified atom stereocenters. The number of carbonyl (C=O) groups excluding carboxylic acids is 1. The van der Waals surface area contributed by atoms with Crippen LogP contribution >= 0.6 is 0 Å². The minimum Gasteiger partial charge on any atom is -0.388 e. The summed E-state index contributed by atoms with van der Waals surface area (Å²) in [5.74, 6) is 0.373. The largest absolute Gasteiger partial charge is 0.388 e. The lowest BCUT2D eigenvalue weighted by molar-refractivity contribution is -0.138. The molecule has 1 aliphatic carbocycles. The molecular formula is C13H24N2O2. The van der Waals surface area contributed by atoms with Gasteiger partial charge >= 0.3 is 0 Å². The molecular weight excluding hydrogens is 216 g/mol. The van der Waals surface area contributed by atoms with Gasteiger partial charge in [-0.25, -0.2) is 0 Å². The predicted molar refractivity (Wildman–Crippen MR) is 66.6 cm³/mol. The number of nitrogens with zero attached hydrogens (tertiary/aromatic N) is 1. The molecule has 2 aliphatic rings. The van der Waals surface area contributed by atoms with Gasteiger partial charge in [-0.05, 0) is 38.8 Å². The molecule has 1 heterocycles. The van der Waals surface area contributed by atoms with Gasteiger partial charge in [-0.1, -0.05) is 12.8 Å². The zero-order chi connectivity index (χ0) is 12.3. The molecule has 0 aromatic heterocycles. The Morgan fingerprint density at radius 2 is 1.94 bits per heavy atom. The Labute approximate surface area is 103 Å². The number of hydrogen-bond donors (Lipinski definition) is 2. The molecule has 1 saturated heterocycles. The van der Waals surface area contributed by atoms with Crippen molar-refractivity contribution in [3.05, 3.63) is 0 Å². The average Bonchev–Trinajstić information content (AvgIpc) is 2.76.